The molecule has 2 rings (SSSR count). The van der Waals surface area contributed by atoms with Crippen molar-refractivity contribution >= 4 is 33.4 Å². The Balaban J connectivity index is 1.84. The highest BCUT2D eigenvalue weighted by molar-refractivity contribution is 7.92. The molecule has 2 aromatic rings. The number of likely N-dealkylation sites (N-methyl/N-ethyl adjacent to an activating group) is 1. The number of carbonyl (C=O) groups is 1. The number of hydrogen-bond donors (Lipinski definition) is 2. The van der Waals surface area contributed by atoms with E-state index in [2.05, 4.69) is 40.9 Å². The minimum absolute atomic E-state index is 0.167. The number of benzene rings is 2. The molecule has 2 N–H and O–H groups in total. The van der Waals surface area contributed by atoms with Gasteiger partial charge in [-0.1, -0.05) is 30.3 Å². The van der Waals surface area contributed by atoms with E-state index in [1.165, 1.54) is 17.3 Å². The van der Waals surface area contributed by atoms with Crippen molar-refractivity contribution in [2.24, 2.45) is 0 Å². The van der Waals surface area contributed by atoms with Crippen LogP contribution in [0.4, 0.5) is 11.4 Å². The molecule has 2 aromatic carbocycles. The summed E-state index contributed by atoms with van der Waals surface area (Å²) < 4.78 is 24.8. The van der Waals surface area contributed by atoms with E-state index >= 15 is 0 Å². The Morgan fingerprint density at radius 2 is 1.79 bits per heavy atom. The Morgan fingerprint density at radius 3 is 2.39 bits per heavy atom. The Labute approximate surface area is 167 Å². The lowest BCUT2D eigenvalue weighted by atomic mass is 10.2. The molecule has 150 valence electrons. The van der Waals surface area contributed by atoms with Crippen LogP contribution in [0.3, 0.4) is 0 Å². The summed E-state index contributed by atoms with van der Waals surface area (Å²) in [5.41, 5.74) is 3.69. The van der Waals surface area contributed by atoms with Crippen LogP contribution in [0.15, 0.2) is 54.6 Å². The van der Waals surface area contributed by atoms with Crippen molar-refractivity contribution < 1.29 is 13.2 Å². The Hall–Kier alpha value is -2.80. The van der Waals surface area contributed by atoms with Crippen LogP contribution in [-0.2, 0) is 14.8 Å². The van der Waals surface area contributed by atoms with E-state index in [0.717, 1.165) is 24.9 Å². The van der Waals surface area contributed by atoms with Crippen LogP contribution in [0.2, 0.25) is 0 Å². The fourth-order valence-corrected chi connectivity index (χ4v) is 3.35. The van der Waals surface area contributed by atoms with Crippen LogP contribution in [0.1, 0.15) is 18.1 Å². The molecule has 0 unspecified atom stereocenters. The van der Waals surface area contributed by atoms with E-state index in [-0.39, 0.29) is 5.91 Å². The zero-order valence-electron chi connectivity index (χ0n) is 16.5. The van der Waals surface area contributed by atoms with Crippen LogP contribution in [0.5, 0.6) is 0 Å². The summed E-state index contributed by atoms with van der Waals surface area (Å²) in [5.74, 6) is -0.167. The molecule has 0 saturated heterocycles. The van der Waals surface area contributed by atoms with Gasteiger partial charge in [0.15, 0.2) is 0 Å². The molecular formula is C21H27N3O3S. The van der Waals surface area contributed by atoms with Crippen molar-refractivity contribution in [1.29, 1.82) is 0 Å². The fourth-order valence-electron chi connectivity index (χ4n) is 2.79. The normalized spacial score (nSPS) is 11.4. The van der Waals surface area contributed by atoms with Gasteiger partial charge in [-0.15, -0.1) is 0 Å². The highest BCUT2D eigenvalue weighted by Crippen LogP contribution is 2.18. The maximum Gasteiger partial charge on any atom is 0.244 e. The first-order valence-electron chi connectivity index (χ1n) is 9.13. The molecule has 0 heterocycles. The number of rotatable bonds is 9. The molecule has 0 radical (unpaired) electrons. The molecule has 0 aliphatic heterocycles. The minimum atomic E-state index is -3.29. The van der Waals surface area contributed by atoms with Gasteiger partial charge in [-0.25, -0.2) is 8.42 Å². The first kappa shape index (κ1) is 21.5. The van der Waals surface area contributed by atoms with Gasteiger partial charge >= 0.3 is 0 Å². The maximum absolute atomic E-state index is 12.0. The predicted octanol–water partition coefficient (Wildman–Crippen LogP) is 3.02. The number of carbonyl (C=O) groups excluding carboxylic acids is 1. The summed E-state index contributed by atoms with van der Waals surface area (Å²) >= 11 is 0. The minimum Gasteiger partial charge on any atom is -0.370 e. The molecule has 28 heavy (non-hydrogen) atoms. The zero-order valence-corrected chi connectivity index (χ0v) is 17.3. The van der Waals surface area contributed by atoms with E-state index in [0.29, 0.717) is 12.2 Å². The Kier molecular flexibility index (Phi) is 7.63. The SMILES string of the molecule is CCN(CCNC(=O)/C=C/c1ccc(NS(C)(=O)=O)cc1)c1ccccc1C. The number of anilines is 2. The van der Waals surface area contributed by atoms with E-state index in [9.17, 15) is 13.2 Å². The van der Waals surface area contributed by atoms with Gasteiger partial charge < -0.3 is 10.2 Å². The molecule has 0 spiro atoms. The molecule has 0 atom stereocenters. The second-order valence-electron chi connectivity index (χ2n) is 6.49. The molecule has 0 fully saturated rings. The third-order valence-electron chi connectivity index (χ3n) is 4.16. The smallest absolute Gasteiger partial charge is 0.244 e. The topological polar surface area (TPSA) is 78.5 Å². The van der Waals surface area contributed by atoms with Crippen LogP contribution in [0, 0.1) is 6.92 Å². The summed E-state index contributed by atoms with van der Waals surface area (Å²) in [6.45, 7) is 6.31. The molecule has 6 nitrogen and oxygen atoms in total. The monoisotopic (exact) mass is 401 g/mol. The first-order chi connectivity index (χ1) is 13.3. The van der Waals surface area contributed by atoms with Gasteiger partial charge in [0.05, 0.1) is 6.26 Å². The molecule has 0 bridgehead atoms. The average molecular weight is 402 g/mol. The number of amides is 1. The van der Waals surface area contributed by atoms with Crippen molar-refractivity contribution in [2.75, 3.05) is 35.5 Å². The number of sulfonamides is 1. The number of nitrogens with one attached hydrogen (secondary N) is 2. The van der Waals surface area contributed by atoms with Crippen molar-refractivity contribution in [3.8, 4) is 0 Å². The Morgan fingerprint density at radius 1 is 1.11 bits per heavy atom. The molecule has 0 aliphatic carbocycles. The van der Waals surface area contributed by atoms with Crippen molar-refractivity contribution in [2.45, 2.75) is 13.8 Å². The first-order valence-corrected chi connectivity index (χ1v) is 11.0. The van der Waals surface area contributed by atoms with Crippen LogP contribution < -0.4 is 14.9 Å². The molecule has 1 amide bonds. The van der Waals surface area contributed by atoms with Crippen molar-refractivity contribution in [1.82, 2.24) is 5.32 Å². The average Bonchev–Trinajstić information content (AvgIpc) is 2.64. The largest absolute Gasteiger partial charge is 0.370 e. The number of nitrogens with zero attached hydrogens (tertiary/aromatic N) is 1. The number of aryl methyl sites for hydroxylation is 1. The van der Waals surface area contributed by atoms with Gasteiger partial charge in [-0.3, -0.25) is 9.52 Å². The van der Waals surface area contributed by atoms with Gasteiger partial charge in [-0.05, 0) is 49.2 Å². The second-order valence-corrected chi connectivity index (χ2v) is 8.24. The Bertz CT molecular complexity index is 922. The van der Waals surface area contributed by atoms with Gasteiger partial charge in [0.2, 0.25) is 15.9 Å². The van der Waals surface area contributed by atoms with Gasteiger partial charge in [0, 0.05) is 37.1 Å². The van der Waals surface area contributed by atoms with Gasteiger partial charge in [-0.2, -0.15) is 0 Å². The van der Waals surface area contributed by atoms with Crippen molar-refractivity contribution in [3.05, 3.63) is 65.7 Å². The van der Waals surface area contributed by atoms with Crippen LogP contribution in [-0.4, -0.2) is 40.2 Å². The maximum atomic E-state index is 12.0. The van der Waals surface area contributed by atoms with Crippen LogP contribution in [0.25, 0.3) is 6.08 Å². The van der Waals surface area contributed by atoms with Crippen molar-refractivity contribution in [3.63, 3.8) is 0 Å². The summed E-state index contributed by atoms with van der Waals surface area (Å²) in [6, 6.07) is 15.0. The summed E-state index contributed by atoms with van der Waals surface area (Å²) in [5, 5.41) is 2.89. The lowest BCUT2D eigenvalue weighted by Crippen LogP contribution is -2.34. The summed E-state index contributed by atoms with van der Waals surface area (Å²) in [6.07, 6.45) is 4.27. The summed E-state index contributed by atoms with van der Waals surface area (Å²) in [4.78, 5) is 14.3. The highest BCUT2D eigenvalue weighted by atomic mass is 32.2. The molecule has 7 heteroatoms. The number of hydrogen-bond acceptors (Lipinski definition) is 4. The zero-order chi connectivity index (χ0) is 20.6. The van der Waals surface area contributed by atoms with E-state index in [1.54, 1.807) is 30.3 Å². The van der Waals surface area contributed by atoms with E-state index < -0.39 is 10.0 Å². The van der Waals surface area contributed by atoms with E-state index in [1.807, 2.05) is 12.1 Å². The van der Waals surface area contributed by atoms with Crippen LogP contribution >= 0.6 is 0 Å². The quantitative estimate of drug-likeness (QED) is 0.633. The molecule has 0 aromatic heterocycles. The fraction of sp³-hybridized carbons (Fsp3) is 0.286. The van der Waals surface area contributed by atoms with Gasteiger partial charge in [0.25, 0.3) is 0 Å². The molecular weight excluding hydrogens is 374 g/mol. The highest BCUT2D eigenvalue weighted by Gasteiger charge is 2.07. The molecule has 0 saturated carbocycles. The standard InChI is InChI=1S/C21H27N3O3S/c1-4-24(20-8-6-5-7-17(20)2)16-15-22-21(25)14-11-18-9-12-19(13-10-18)23-28(3,26)27/h5-14,23H,4,15-16H2,1-3H3,(H,22,25)/b14-11+. The molecule has 0 aliphatic rings. The lowest BCUT2D eigenvalue weighted by Gasteiger charge is -2.24. The summed E-state index contributed by atoms with van der Waals surface area (Å²) in [7, 11) is -3.29. The number of para-hydroxylation sites is 1. The predicted molar refractivity (Wildman–Crippen MR) is 116 cm³/mol. The lowest BCUT2D eigenvalue weighted by molar-refractivity contribution is -0.116. The van der Waals surface area contributed by atoms with Gasteiger partial charge in [0.1, 0.15) is 0 Å². The van der Waals surface area contributed by atoms with E-state index in [4.69, 9.17) is 0 Å². The second kappa shape index (κ2) is 9.94. The third kappa shape index (κ3) is 7.08. The third-order valence-corrected chi connectivity index (χ3v) is 4.77.